The minimum Gasteiger partial charge on any atom is -0.394 e. The van der Waals surface area contributed by atoms with Crippen molar-refractivity contribution in [3.8, 4) is 0 Å². The lowest BCUT2D eigenvalue weighted by Gasteiger charge is -2.28. The maximum atomic E-state index is 14.2. The third-order valence-corrected chi connectivity index (χ3v) is 3.88. The molecular formula is C13H16FN3O4. The number of aryl methyl sites for hydroxylation is 1. The van der Waals surface area contributed by atoms with E-state index in [0.717, 1.165) is 10.8 Å². The lowest BCUT2D eigenvalue weighted by atomic mass is 10.1. The molecular weight excluding hydrogens is 281 g/mol. The van der Waals surface area contributed by atoms with Gasteiger partial charge in [0.05, 0.1) is 24.3 Å². The van der Waals surface area contributed by atoms with Crippen molar-refractivity contribution in [2.24, 2.45) is 0 Å². The lowest BCUT2D eigenvalue weighted by molar-refractivity contribution is -0.110. The first-order valence-electron chi connectivity index (χ1n) is 6.66. The Morgan fingerprint density at radius 3 is 2.90 bits per heavy atom. The van der Waals surface area contributed by atoms with Crippen molar-refractivity contribution in [1.82, 2.24) is 14.5 Å². The molecule has 3 heterocycles. The predicted octanol–water partition coefficient (Wildman–Crippen LogP) is -0.470. The predicted molar refractivity (Wildman–Crippen MR) is 69.9 cm³/mol. The number of aliphatic hydroxyl groups excluding tert-OH is 2. The summed E-state index contributed by atoms with van der Waals surface area (Å²) < 4.78 is 20.5. The van der Waals surface area contributed by atoms with Gasteiger partial charge >= 0.3 is 0 Å². The Labute approximate surface area is 119 Å². The summed E-state index contributed by atoms with van der Waals surface area (Å²) >= 11 is 0. The molecule has 2 aromatic heterocycles. The normalized spacial score (nSPS) is 29.4. The summed E-state index contributed by atoms with van der Waals surface area (Å²) in [5.74, 6) is -0.574. The van der Waals surface area contributed by atoms with E-state index in [4.69, 9.17) is 9.84 Å². The van der Waals surface area contributed by atoms with Gasteiger partial charge in [0, 0.05) is 6.20 Å². The molecule has 3 rings (SSSR count). The zero-order valence-corrected chi connectivity index (χ0v) is 11.4. The molecule has 1 aliphatic rings. The number of nitrogens with zero attached hydrogens (tertiary/aromatic N) is 3. The highest BCUT2D eigenvalue weighted by Crippen LogP contribution is 2.34. The Hall–Kier alpha value is -1.61. The summed E-state index contributed by atoms with van der Waals surface area (Å²) in [6.07, 6.45) is 0.550. The standard InChI is InChI=1S/C13H16FN3O4/c1-2-8-10-7(14)3-17(12(10)16-6-15-8)13(20)5-21-9(4-18)11(13)19/h3,6,9,11,18-20H,2,4-5H2,1H3/t9-,11-,13-/m1/s1. The number of hydrogen-bond acceptors (Lipinski definition) is 6. The Kier molecular flexibility index (Phi) is 3.40. The van der Waals surface area contributed by atoms with Gasteiger partial charge in [-0.25, -0.2) is 14.4 Å². The SMILES string of the molecule is CCc1ncnc2c1c(F)cn2[C@@]1(O)CO[C@H](CO)[C@H]1O. The quantitative estimate of drug-likeness (QED) is 0.708. The fourth-order valence-corrected chi connectivity index (χ4v) is 2.71. The van der Waals surface area contributed by atoms with E-state index in [1.807, 2.05) is 6.92 Å². The largest absolute Gasteiger partial charge is 0.394 e. The van der Waals surface area contributed by atoms with E-state index in [2.05, 4.69) is 9.97 Å². The molecule has 1 aliphatic heterocycles. The van der Waals surface area contributed by atoms with Crippen molar-refractivity contribution >= 4 is 11.0 Å². The average molecular weight is 297 g/mol. The second-order valence-corrected chi connectivity index (χ2v) is 5.07. The zero-order valence-electron chi connectivity index (χ0n) is 11.4. The van der Waals surface area contributed by atoms with E-state index >= 15 is 0 Å². The van der Waals surface area contributed by atoms with Crippen molar-refractivity contribution in [2.75, 3.05) is 13.2 Å². The number of halogens is 1. The fourth-order valence-electron chi connectivity index (χ4n) is 2.71. The van der Waals surface area contributed by atoms with Crippen LogP contribution in [0.5, 0.6) is 0 Å². The second-order valence-electron chi connectivity index (χ2n) is 5.07. The third-order valence-electron chi connectivity index (χ3n) is 3.88. The molecule has 0 amide bonds. The van der Waals surface area contributed by atoms with Gasteiger partial charge in [0.25, 0.3) is 0 Å². The van der Waals surface area contributed by atoms with Crippen molar-refractivity contribution in [3.63, 3.8) is 0 Å². The van der Waals surface area contributed by atoms with E-state index < -0.39 is 30.4 Å². The topological polar surface area (TPSA) is 101 Å². The van der Waals surface area contributed by atoms with Gasteiger partial charge < -0.3 is 20.1 Å². The van der Waals surface area contributed by atoms with Crippen LogP contribution in [0.1, 0.15) is 12.6 Å². The highest BCUT2D eigenvalue weighted by Gasteiger charge is 2.50. The molecule has 0 aromatic carbocycles. The van der Waals surface area contributed by atoms with Crippen LogP contribution < -0.4 is 0 Å². The summed E-state index contributed by atoms with van der Waals surface area (Å²) in [4.78, 5) is 8.03. The first-order valence-corrected chi connectivity index (χ1v) is 6.66. The molecule has 1 saturated heterocycles. The smallest absolute Gasteiger partial charge is 0.196 e. The molecule has 0 aliphatic carbocycles. The van der Waals surface area contributed by atoms with Gasteiger partial charge in [-0.2, -0.15) is 0 Å². The van der Waals surface area contributed by atoms with E-state index in [0.29, 0.717) is 12.1 Å². The maximum absolute atomic E-state index is 14.2. The molecule has 114 valence electrons. The molecule has 3 atom stereocenters. The molecule has 21 heavy (non-hydrogen) atoms. The van der Waals surface area contributed by atoms with Crippen LogP contribution in [0.2, 0.25) is 0 Å². The number of rotatable bonds is 3. The van der Waals surface area contributed by atoms with Gasteiger partial charge in [-0.3, -0.25) is 4.57 Å². The number of ether oxygens (including phenoxy) is 1. The van der Waals surface area contributed by atoms with Gasteiger partial charge in [-0.05, 0) is 6.42 Å². The zero-order chi connectivity index (χ0) is 15.2. The molecule has 0 unspecified atom stereocenters. The van der Waals surface area contributed by atoms with E-state index in [9.17, 15) is 14.6 Å². The molecule has 7 nitrogen and oxygen atoms in total. The van der Waals surface area contributed by atoms with Crippen molar-refractivity contribution < 1.29 is 24.4 Å². The first kappa shape index (κ1) is 14.3. The minimum absolute atomic E-state index is 0.183. The van der Waals surface area contributed by atoms with E-state index in [-0.39, 0.29) is 17.6 Å². The third kappa shape index (κ3) is 1.95. The second kappa shape index (κ2) is 4.99. The lowest BCUT2D eigenvalue weighted by Crippen LogP contribution is -2.46. The molecule has 0 spiro atoms. The van der Waals surface area contributed by atoms with Gasteiger partial charge in [0.15, 0.2) is 11.5 Å². The number of aliphatic hydroxyl groups is 3. The minimum atomic E-state index is -1.88. The van der Waals surface area contributed by atoms with Crippen molar-refractivity contribution in [1.29, 1.82) is 0 Å². The van der Waals surface area contributed by atoms with Crippen LogP contribution in [0.15, 0.2) is 12.5 Å². The molecule has 0 saturated carbocycles. The highest BCUT2D eigenvalue weighted by molar-refractivity contribution is 5.79. The van der Waals surface area contributed by atoms with Crippen LogP contribution in [0.3, 0.4) is 0 Å². The summed E-state index contributed by atoms with van der Waals surface area (Å²) in [5.41, 5.74) is -1.18. The van der Waals surface area contributed by atoms with Gasteiger partial charge in [-0.15, -0.1) is 0 Å². The number of fused-ring (bicyclic) bond motifs is 1. The molecule has 3 N–H and O–H groups in total. The van der Waals surface area contributed by atoms with Gasteiger partial charge in [-0.1, -0.05) is 6.92 Å². The summed E-state index contributed by atoms with van der Waals surface area (Å²) in [6, 6.07) is 0. The van der Waals surface area contributed by atoms with Crippen LogP contribution >= 0.6 is 0 Å². The van der Waals surface area contributed by atoms with Crippen LogP contribution in [0.4, 0.5) is 4.39 Å². The highest BCUT2D eigenvalue weighted by atomic mass is 19.1. The first-order chi connectivity index (χ1) is 10.0. The summed E-state index contributed by atoms with van der Waals surface area (Å²) in [7, 11) is 0. The maximum Gasteiger partial charge on any atom is 0.196 e. The Morgan fingerprint density at radius 1 is 1.52 bits per heavy atom. The van der Waals surface area contributed by atoms with Crippen molar-refractivity contribution in [3.05, 3.63) is 24.0 Å². The van der Waals surface area contributed by atoms with Crippen LogP contribution in [0, 0.1) is 5.82 Å². The Balaban J connectivity index is 2.18. The monoisotopic (exact) mass is 297 g/mol. The molecule has 0 bridgehead atoms. The summed E-state index contributed by atoms with van der Waals surface area (Å²) in [5, 5.41) is 30.1. The fraction of sp³-hybridized carbons (Fsp3) is 0.538. The Morgan fingerprint density at radius 2 is 2.29 bits per heavy atom. The van der Waals surface area contributed by atoms with Crippen molar-refractivity contribution in [2.45, 2.75) is 31.3 Å². The molecule has 0 radical (unpaired) electrons. The van der Waals surface area contributed by atoms with Gasteiger partial charge in [0.1, 0.15) is 24.2 Å². The van der Waals surface area contributed by atoms with E-state index in [1.54, 1.807) is 0 Å². The van der Waals surface area contributed by atoms with Gasteiger partial charge in [0.2, 0.25) is 0 Å². The average Bonchev–Trinajstić information content (AvgIpc) is 2.99. The van der Waals surface area contributed by atoms with Crippen LogP contribution in [0.25, 0.3) is 11.0 Å². The van der Waals surface area contributed by atoms with Crippen LogP contribution in [-0.2, 0) is 16.9 Å². The molecule has 8 heteroatoms. The van der Waals surface area contributed by atoms with E-state index in [1.165, 1.54) is 6.33 Å². The van der Waals surface area contributed by atoms with Crippen LogP contribution in [-0.4, -0.2) is 55.3 Å². The molecule has 1 fully saturated rings. The number of hydrogen-bond donors (Lipinski definition) is 3. The Bertz CT molecular complexity index is 677. The number of aromatic nitrogens is 3. The molecule has 2 aromatic rings. The summed E-state index contributed by atoms with van der Waals surface area (Å²) in [6.45, 7) is 1.12.